The molecule has 49 heavy (non-hydrogen) atoms. The normalized spacial score (nSPS) is 19.2. The number of carbonyl (C=O) groups is 3. The van der Waals surface area contributed by atoms with Crippen LogP contribution in [0.5, 0.6) is 0 Å². The molecule has 0 spiro atoms. The number of nitriles is 1. The maximum atomic E-state index is 13.6. The van der Waals surface area contributed by atoms with Gasteiger partial charge in [0.15, 0.2) is 5.82 Å². The smallest absolute Gasteiger partial charge is 0.253 e. The summed E-state index contributed by atoms with van der Waals surface area (Å²) in [6.07, 6.45) is 8.90. The topological polar surface area (TPSA) is 151 Å². The number of likely N-dealkylation sites (tertiary alicyclic amines) is 1. The third kappa shape index (κ3) is 6.69. The molecule has 12 heteroatoms. The van der Waals surface area contributed by atoms with Crippen LogP contribution in [0, 0.1) is 17.2 Å². The molecule has 2 atom stereocenters. The van der Waals surface area contributed by atoms with Crippen molar-refractivity contribution < 1.29 is 14.4 Å². The van der Waals surface area contributed by atoms with E-state index in [1.165, 1.54) is 6.42 Å². The summed E-state index contributed by atoms with van der Waals surface area (Å²) >= 11 is 0. The van der Waals surface area contributed by atoms with Gasteiger partial charge in [-0.25, -0.2) is 5.10 Å². The highest BCUT2D eigenvalue weighted by molar-refractivity contribution is 5.95. The molecule has 2 aliphatic carbocycles. The summed E-state index contributed by atoms with van der Waals surface area (Å²) in [5, 5.41) is 29.2. The average molecular weight is 666 g/mol. The molecule has 12 nitrogen and oxygen atoms in total. The Balaban J connectivity index is 1.50. The van der Waals surface area contributed by atoms with Crippen molar-refractivity contribution in [1.82, 2.24) is 40.6 Å². The number of hydrogen-bond acceptors (Lipinski definition) is 8. The molecule has 6 rings (SSSR count). The molecular weight excluding hydrogens is 618 g/mol. The second kappa shape index (κ2) is 14.5. The predicted molar refractivity (Wildman–Crippen MR) is 184 cm³/mol. The van der Waals surface area contributed by atoms with Crippen LogP contribution in [0.2, 0.25) is 0 Å². The molecule has 3 aromatic rings. The summed E-state index contributed by atoms with van der Waals surface area (Å²) in [7, 11) is 7.00. The zero-order chi connectivity index (χ0) is 34.7. The lowest BCUT2D eigenvalue weighted by Crippen LogP contribution is -2.49. The third-order valence-electron chi connectivity index (χ3n) is 10.8. The second-order valence-electron chi connectivity index (χ2n) is 14.3. The largest absolute Gasteiger partial charge is 0.345 e. The minimum Gasteiger partial charge on any atom is -0.345 e. The van der Waals surface area contributed by atoms with Gasteiger partial charge >= 0.3 is 0 Å². The number of hydrogen-bond donors (Lipinski definition) is 2. The predicted octanol–water partition coefficient (Wildman–Crippen LogP) is 3.48. The van der Waals surface area contributed by atoms with Crippen molar-refractivity contribution in [1.29, 1.82) is 5.26 Å². The van der Waals surface area contributed by atoms with Crippen LogP contribution in [-0.2, 0) is 23.1 Å². The molecule has 1 aliphatic heterocycles. The van der Waals surface area contributed by atoms with E-state index in [0.717, 1.165) is 54.4 Å². The lowest BCUT2D eigenvalue weighted by Gasteiger charge is -2.41. The van der Waals surface area contributed by atoms with E-state index >= 15 is 0 Å². The van der Waals surface area contributed by atoms with Crippen molar-refractivity contribution >= 4 is 17.7 Å². The molecule has 0 radical (unpaired) electrons. The van der Waals surface area contributed by atoms with E-state index in [4.69, 9.17) is 0 Å². The van der Waals surface area contributed by atoms with Crippen LogP contribution in [0.4, 0.5) is 0 Å². The summed E-state index contributed by atoms with van der Waals surface area (Å²) in [6.45, 7) is 0.736. The number of nitrogens with one attached hydrogen (secondary N) is 2. The molecule has 258 valence electrons. The van der Waals surface area contributed by atoms with Crippen molar-refractivity contribution in [3.8, 4) is 6.07 Å². The second-order valence-corrected chi connectivity index (χ2v) is 14.3. The van der Waals surface area contributed by atoms with E-state index in [1.807, 2.05) is 36.4 Å². The highest BCUT2D eigenvalue weighted by Gasteiger charge is 2.47. The first-order chi connectivity index (χ1) is 23.6. The van der Waals surface area contributed by atoms with Gasteiger partial charge in [-0.3, -0.25) is 14.4 Å². The van der Waals surface area contributed by atoms with Crippen molar-refractivity contribution in [2.75, 3.05) is 41.3 Å². The number of H-pyrrole nitrogens is 1. The van der Waals surface area contributed by atoms with Crippen LogP contribution in [0.15, 0.2) is 36.4 Å². The first-order valence-electron chi connectivity index (χ1n) is 17.5. The van der Waals surface area contributed by atoms with E-state index in [0.29, 0.717) is 55.1 Å². The molecule has 0 unspecified atom stereocenters. The van der Waals surface area contributed by atoms with Crippen LogP contribution in [0.25, 0.3) is 0 Å². The molecule has 3 aliphatic rings. The van der Waals surface area contributed by atoms with Crippen LogP contribution < -0.4 is 5.32 Å². The molecule has 2 fully saturated rings. The fourth-order valence-corrected chi connectivity index (χ4v) is 8.33. The van der Waals surface area contributed by atoms with E-state index in [1.54, 1.807) is 42.9 Å². The Kier molecular flexibility index (Phi) is 10.1. The van der Waals surface area contributed by atoms with Gasteiger partial charge in [-0.2, -0.15) is 5.26 Å². The van der Waals surface area contributed by atoms with Gasteiger partial charge in [0.05, 0.1) is 18.0 Å². The standard InChI is InChI=1S/C37H47N9O3/c1-44(2)34(48)27-14-16-30-25(19-27)12-13-26-20-28(35(49)45(3)4)15-17-31(26)37(30,36-40-42-43-41-36)21-32(24-9-6-5-7-10-24)39-23-33(47)46-18-8-11-29(46)22-38/h14-17,19-20,24,29,32,39H,5-13,18,21,23H2,1-4H3,(H,40,41,42,43)/t29-,32+/m0/s1. The Bertz CT molecular complexity index is 1650. The Hall–Kier alpha value is -4.63. The van der Waals surface area contributed by atoms with E-state index in [-0.39, 0.29) is 36.3 Å². The zero-order valence-electron chi connectivity index (χ0n) is 29.0. The number of fused-ring (bicyclic) bond motifs is 2. The first-order valence-corrected chi connectivity index (χ1v) is 17.5. The molecule has 3 amide bonds. The highest BCUT2D eigenvalue weighted by atomic mass is 16.2. The van der Waals surface area contributed by atoms with Gasteiger partial charge in [-0.15, -0.1) is 5.10 Å². The molecule has 2 N–H and O–H groups in total. The van der Waals surface area contributed by atoms with Crippen molar-refractivity contribution in [2.45, 2.75) is 81.7 Å². The van der Waals surface area contributed by atoms with Crippen LogP contribution in [-0.4, -0.2) is 106 Å². The maximum absolute atomic E-state index is 13.6. The maximum Gasteiger partial charge on any atom is 0.253 e. The van der Waals surface area contributed by atoms with Gasteiger partial charge in [0.25, 0.3) is 11.8 Å². The van der Waals surface area contributed by atoms with Crippen LogP contribution >= 0.6 is 0 Å². The number of benzene rings is 2. The lowest BCUT2D eigenvalue weighted by atomic mass is 9.65. The molecule has 2 heterocycles. The number of nitrogens with zero attached hydrogens (tertiary/aromatic N) is 7. The number of aromatic nitrogens is 4. The van der Waals surface area contributed by atoms with Crippen molar-refractivity contribution in [3.63, 3.8) is 0 Å². The molecule has 2 aromatic carbocycles. The van der Waals surface area contributed by atoms with E-state index < -0.39 is 5.41 Å². The Labute approximate surface area is 288 Å². The van der Waals surface area contributed by atoms with E-state index in [9.17, 15) is 19.6 Å². The van der Waals surface area contributed by atoms with Gasteiger partial charge < -0.3 is 20.0 Å². The average Bonchev–Trinajstić information content (AvgIpc) is 3.82. The molecule has 1 saturated heterocycles. The Morgan fingerprint density at radius 3 is 2.08 bits per heavy atom. The molecule has 1 saturated carbocycles. The highest BCUT2D eigenvalue weighted by Crippen LogP contribution is 2.48. The molecule has 1 aromatic heterocycles. The summed E-state index contributed by atoms with van der Waals surface area (Å²) in [6, 6.07) is 13.7. The molecule has 0 bridgehead atoms. The van der Waals surface area contributed by atoms with Crippen molar-refractivity contribution in [2.24, 2.45) is 5.92 Å². The van der Waals surface area contributed by atoms with Gasteiger partial charge in [0, 0.05) is 51.9 Å². The zero-order valence-corrected chi connectivity index (χ0v) is 29.0. The van der Waals surface area contributed by atoms with Crippen LogP contribution in [0.1, 0.15) is 100 Å². The number of aryl methyl sites for hydroxylation is 2. The number of aromatic amines is 1. The fourth-order valence-electron chi connectivity index (χ4n) is 8.33. The van der Waals surface area contributed by atoms with Crippen molar-refractivity contribution in [3.05, 3.63) is 75.6 Å². The summed E-state index contributed by atoms with van der Waals surface area (Å²) in [5.41, 5.74) is 4.38. The van der Waals surface area contributed by atoms with E-state index in [2.05, 4.69) is 32.0 Å². The lowest BCUT2D eigenvalue weighted by molar-refractivity contribution is -0.130. The summed E-state index contributed by atoms with van der Waals surface area (Å²) < 4.78 is 0. The summed E-state index contributed by atoms with van der Waals surface area (Å²) in [4.78, 5) is 44.8. The monoisotopic (exact) mass is 665 g/mol. The number of tetrazole rings is 1. The van der Waals surface area contributed by atoms with Crippen LogP contribution in [0.3, 0.4) is 0 Å². The quantitative estimate of drug-likeness (QED) is 0.353. The van der Waals surface area contributed by atoms with Gasteiger partial charge in [0.1, 0.15) is 6.04 Å². The van der Waals surface area contributed by atoms with Gasteiger partial charge in [-0.1, -0.05) is 31.4 Å². The number of rotatable bonds is 9. The first kappa shape index (κ1) is 34.2. The number of amides is 3. The third-order valence-corrected chi connectivity index (χ3v) is 10.8. The minimum atomic E-state index is -0.884. The number of carbonyl (C=O) groups excluding carboxylic acids is 3. The Morgan fingerprint density at radius 2 is 1.55 bits per heavy atom. The fraction of sp³-hybridized carbons (Fsp3) is 0.541. The minimum absolute atomic E-state index is 0.0550. The molecular formula is C37H47N9O3. The Morgan fingerprint density at radius 1 is 0.939 bits per heavy atom. The van der Waals surface area contributed by atoms with Gasteiger partial charge in [0.2, 0.25) is 5.91 Å². The summed E-state index contributed by atoms with van der Waals surface area (Å²) in [5.74, 6) is 0.675. The SMILES string of the molecule is CN(C)C(=O)c1ccc2c(c1)CCc1cc(C(=O)N(C)C)ccc1C2(C[C@@H](NCC(=O)N1CCC[C@H]1C#N)C1CCCCC1)c1nnn[nH]1. The van der Waals surface area contributed by atoms with Gasteiger partial charge in [-0.05, 0) is 108 Å².